The highest BCUT2D eigenvalue weighted by molar-refractivity contribution is 5.76. The van der Waals surface area contributed by atoms with Crippen LogP contribution in [0.4, 0.5) is 0 Å². The van der Waals surface area contributed by atoms with E-state index in [0.29, 0.717) is 19.4 Å². The number of unbranched alkanes of at least 4 members (excludes halogenated alkanes) is 68. The van der Waals surface area contributed by atoms with E-state index in [1.54, 1.807) is 6.08 Å². The van der Waals surface area contributed by atoms with Gasteiger partial charge in [0.25, 0.3) is 0 Å². The van der Waals surface area contributed by atoms with E-state index in [1.807, 2.05) is 6.08 Å². The molecule has 6 heteroatoms. The molecule has 0 heterocycles. The summed E-state index contributed by atoms with van der Waals surface area (Å²) in [5, 5.41) is 23.3. The number of carbonyl (C=O) groups is 2. The highest BCUT2D eigenvalue weighted by Crippen LogP contribution is 2.21. The fraction of sp³-hybridized carbons (Fsp3) is 0.930. The van der Waals surface area contributed by atoms with E-state index in [2.05, 4.69) is 31.3 Å². The molecule has 0 radical (unpaired) electrons. The fourth-order valence-electron chi connectivity index (χ4n) is 13.8. The third-order valence-electron chi connectivity index (χ3n) is 20.2. The topological polar surface area (TPSA) is 95.9 Å². The maximum absolute atomic E-state index is 12.6. The van der Waals surface area contributed by atoms with Gasteiger partial charge in [-0.15, -0.1) is 0 Å². The third-order valence-corrected chi connectivity index (χ3v) is 20.2. The lowest BCUT2D eigenvalue weighted by Gasteiger charge is -2.20. The number of hydrogen-bond donors (Lipinski definition) is 3. The molecule has 0 saturated carbocycles. The monoisotopic (exact) mass is 1290 g/mol. The predicted molar refractivity (Wildman–Crippen MR) is 407 cm³/mol. The molecule has 0 aromatic carbocycles. The molecule has 0 aromatic rings. The van der Waals surface area contributed by atoms with Gasteiger partial charge < -0.3 is 20.3 Å². The molecule has 1 amide bonds. The summed E-state index contributed by atoms with van der Waals surface area (Å²) in [5.74, 6) is -0.0401. The zero-order chi connectivity index (χ0) is 66.3. The van der Waals surface area contributed by atoms with E-state index in [0.717, 1.165) is 44.9 Å². The van der Waals surface area contributed by atoms with Gasteiger partial charge in [0.1, 0.15) is 0 Å². The number of nitrogens with one attached hydrogen (secondary N) is 1. The maximum Gasteiger partial charge on any atom is 0.305 e. The van der Waals surface area contributed by atoms with Crippen molar-refractivity contribution in [3.63, 3.8) is 0 Å². The zero-order valence-corrected chi connectivity index (χ0v) is 62.8. The van der Waals surface area contributed by atoms with Crippen LogP contribution in [0.25, 0.3) is 0 Å². The van der Waals surface area contributed by atoms with Crippen LogP contribution in [0.15, 0.2) is 24.3 Å². The van der Waals surface area contributed by atoms with Crippen molar-refractivity contribution >= 4 is 11.9 Å². The van der Waals surface area contributed by atoms with Crippen LogP contribution >= 0.6 is 0 Å². The van der Waals surface area contributed by atoms with Gasteiger partial charge in [-0.05, 0) is 57.8 Å². The Morgan fingerprint density at radius 3 is 0.772 bits per heavy atom. The second-order valence-corrected chi connectivity index (χ2v) is 29.5. The van der Waals surface area contributed by atoms with E-state index >= 15 is 0 Å². The van der Waals surface area contributed by atoms with Gasteiger partial charge in [0.05, 0.1) is 25.4 Å². The minimum Gasteiger partial charge on any atom is -0.466 e. The molecule has 3 N–H and O–H groups in total. The fourth-order valence-corrected chi connectivity index (χ4v) is 13.8. The maximum atomic E-state index is 12.6. The molecule has 0 spiro atoms. The first-order chi connectivity index (χ1) is 45.5. The number of aliphatic hydroxyl groups is 2. The summed E-state index contributed by atoms with van der Waals surface area (Å²) >= 11 is 0. The van der Waals surface area contributed by atoms with Crippen molar-refractivity contribution in [2.45, 2.75) is 501 Å². The van der Waals surface area contributed by atoms with E-state index in [9.17, 15) is 19.8 Å². The van der Waals surface area contributed by atoms with Crippen LogP contribution in [0.5, 0.6) is 0 Å². The van der Waals surface area contributed by atoms with Crippen LogP contribution in [0.2, 0.25) is 0 Å². The Balaban J connectivity index is 3.32. The summed E-state index contributed by atoms with van der Waals surface area (Å²) in [6, 6.07) is -0.624. The van der Waals surface area contributed by atoms with Gasteiger partial charge in [0.15, 0.2) is 0 Å². The Morgan fingerprint density at radius 2 is 0.511 bits per heavy atom. The quantitative estimate of drug-likeness (QED) is 0.0320. The first kappa shape index (κ1) is 90.3. The van der Waals surface area contributed by atoms with Crippen molar-refractivity contribution in [3.05, 3.63) is 24.3 Å². The molecule has 0 aromatic heterocycles. The molecular weight excluding hydrogens is 1130 g/mol. The van der Waals surface area contributed by atoms with E-state index in [1.165, 1.54) is 417 Å². The molecule has 0 aliphatic carbocycles. The van der Waals surface area contributed by atoms with Gasteiger partial charge in [0.2, 0.25) is 5.91 Å². The number of carbonyl (C=O) groups excluding carboxylic acids is 2. The molecule has 0 fully saturated rings. The summed E-state index contributed by atoms with van der Waals surface area (Å²) < 4.78 is 5.50. The summed E-state index contributed by atoms with van der Waals surface area (Å²) in [5.41, 5.74) is 0. The van der Waals surface area contributed by atoms with Gasteiger partial charge in [-0.3, -0.25) is 9.59 Å². The molecule has 0 aliphatic rings. The number of aliphatic hydroxyl groups excluding tert-OH is 2. The van der Waals surface area contributed by atoms with Gasteiger partial charge in [-0.2, -0.15) is 0 Å². The van der Waals surface area contributed by atoms with Crippen LogP contribution < -0.4 is 5.32 Å². The molecule has 92 heavy (non-hydrogen) atoms. The third kappa shape index (κ3) is 77.3. The Hall–Kier alpha value is -1.66. The number of amides is 1. The van der Waals surface area contributed by atoms with Gasteiger partial charge in [-0.25, -0.2) is 0 Å². The van der Waals surface area contributed by atoms with Crippen LogP contribution in [-0.2, 0) is 14.3 Å². The number of hydrogen-bond acceptors (Lipinski definition) is 5. The average Bonchev–Trinajstić information content (AvgIpc) is 3.67. The van der Waals surface area contributed by atoms with E-state index < -0.39 is 12.1 Å². The Bertz CT molecular complexity index is 1450. The molecular formula is C86H167NO5. The van der Waals surface area contributed by atoms with Crippen molar-refractivity contribution < 1.29 is 24.5 Å². The molecule has 0 rings (SSSR count). The standard InChI is InChI=1S/C86H167NO5/c1-3-5-7-9-11-13-15-17-19-20-21-22-42-45-48-51-54-58-62-66-70-74-78-84(89)83(82-88)87-85(90)79-75-71-67-63-59-55-52-49-46-43-40-38-36-34-32-30-28-26-24-23-25-27-29-31-33-35-37-39-41-44-47-50-53-57-61-65-69-73-77-81-92-86(91)80-76-72-68-64-60-56-18-16-14-12-10-8-6-4-2/h16,18,74,78,83-84,88-89H,3-15,17,19-73,75-77,79-82H2,1-2H3,(H,87,90)/b18-16-,78-74+. The minimum absolute atomic E-state index is 0.0163. The normalized spacial score (nSPS) is 12.5. The molecule has 546 valence electrons. The molecule has 0 saturated heterocycles. The van der Waals surface area contributed by atoms with Crippen molar-refractivity contribution in [2.24, 2.45) is 0 Å². The Labute approximate surface area is 577 Å². The number of allylic oxidation sites excluding steroid dienone is 3. The first-order valence-corrected chi connectivity index (χ1v) is 42.6. The van der Waals surface area contributed by atoms with Crippen LogP contribution in [0.3, 0.4) is 0 Å². The van der Waals surface area contributed by atoms with Crippen LogP contribution in [0.1, 0.15) is 489 Å². The zero-order valence-electron chi connectivity index (χ0n) is 62.8. The lowest BCUT2D eigenvalue weighted by Crippen LogP contribution is -2.45. The van der Waals surface area contributed by atoms with Crippen molar-refractivity contribution in [3.8, 4) is 0 Å². The van der Waals surface area contributed by atoms with Crippen molar-refractivity contribution in [2.75, 3.05) is 13.2 Å². The summed E-state index contributed by atoms with van der Waals surface area (Å²) in [4.78, 5) is 24.6. The molecule has 6 nitrogen and oxygen atoms in total. The number of esters is 1. The molecule has 2 atom stereocenters. The Kier molecular flexibility index (Phi) is 80.3. The SMILES string of the molecule is CCCCCCC/C=C\CCCCCCCC(=O)OCCCCCCCCCCCCCCCCCCCCCCCCCCCCCCCCCCCCCCCCCC(=O)NC(CO)C(O)/C=C/CCCCCCCCCCCCCCCCCCCCCC. The highest BCUT2D eigenvalue weighted by Gasteiger charge is 2.18. The first-order valence-electron chi connectivity index (χ1n) is 42.6. The predicted octanol–water partition coefficient (Wildman–Crippen LogP) is 28.4. The van der Waals surface area contributed by atoms with E-state index in [4.69, 9.17) is 4.74 Å². The second kappa shape index (κ2) is 81.8. The van der Waals surface area contributed by atoms with Gasteiger partial charge >= 0.3 is 5.97 Å². The lowest BCUT2D eigenvalue weighted by molar-refractivity contribution is -0.143. The molecule has 0 bridgehead atoms. The molecule has 2 unspecified atom stereocenters. The number of rotatable bonds is 81. The van der Waals surface area contributed by atoms with Crippen molar-refractivity contribution in [1.29, 1.82) is 0 Å². The van der Waals surface area contributed by atoms with Gasteiger partial charge in [-0.1, -0.05) is 443 Å². The van der Waals surface area contributed by atoms with Gasteiger partial charge in [0, 0.05) is 12.8 Å². The highest BCUT2D eigenvalue weighted by atomic mass is 16.5. The minimum atomic E-state index is -0.841. The summed E-state index contributed by atoms with van der Waals surface area (Å²) in [7, 11) is 0. The summed E-state index contributed by atoms with van der Waals surface area (Å²) in [6.45, 7) is 4.95. The summed E-state index contributed by atoms with van der Waals surface area (Å²) in [6.07, 6.45) is 106. The largest absolute Gasteiger partial charge is 0.466 e. The second-order valence-electron chi connectivity index (χ2n) is 29.5. The lowest BCUT2D eigenvalue weighted by atomic mass is 10.0. The molecule has 0 aliphatic heterocycles. The van der Waals surface area contributed by atoms with Crippen molar-refractivity contribution in [1.82, 2.24) is 5.32 Å². The van der Waals surface area contributed by atoms with E-state index in [-0.39, 0.29) is 18.5 Å². The van der Waals surface area contributed by atoms with Crippen LogP contribution in [-0.4, -0.2) is 47.4 Å². The average molecular weight is 1300 g/mol. The number of ether oxygens (including phenoxy) is 1. The Morgan fingerprint density at radius 1 is 0.293 bits per heavy atom. The van der Waals surface area contributed by atoms with Crippen LogP contribution in [0, 0.1) is 0 Å². The smallest absolute Gasteiger partial charge is 0.305 e.